The molecule has 1 aliphatic rings. The van der Waals surface area contributed by atoms with Crippen LogP contribution >= 0.6 is 0 Å². The first kappa shape index (κ1) is 18.3. The number of likely N-dealkylation sites (N-methyl/N-ethyl adjacent to an activating group) is 1. The highest BCUT2D eigenvalue weighted by atomic mass is 19.1. The number of morpholine rings is 1. The van der Waals surface area contributed by atoms with Crippen molar-refractivity contribution in [3.8, 4) is 0 Å². The Labute approximate surface area is 149 Å². The third-order valence-corrected chi connectivity index (χ3v) is 4.83. The summed E-state index contributed by atoms with van der Waals surface area (Å²) >= 11 is 0. The Morgan fingerprint density at radius 2 is 2.00 bits per heavy atom. The highest BCUT2D eigenvalue weighted by molar-refractivity contribution is 5.76. The molecule has 0 radical (unpaired) electrons. The Morgan fingerprint density at radius 1 is 1.28 bits per heavy atom. The smallest absolute Gasteiger partial charge is 0.151 e. The van der Waals surface area contributed by atoms with Crippen LogP contribution in [0.25, 0.3) is 11.0 Å². The summed E-state index contributed by atoms with van der Waals surface area (Å²) in [5.74, 6) is 0.679. The third kappa shape index (κ3) is 4.19. The van der Waals surface area contributed by atoms with Gasteiger partial charge >= 0.3 is 0 Å². The lowest BCUT2D eigenvalue weighted by molar-refractivity contribution is -0.0691. The van der Waals surface area contributed by atoms with Crippen LogP contribution in [0.15, 0.2) is 18.2 Å². The lowest BCUT2D eigenvalue weighted by Crippen LogP contribution is -2.47. The van der Waals surface area contributed by atoms with E-state index in [1.807, 2.05) is 6.07 Å². The molecule has 0 N–H and O–H groups in total. The Hall–Kier alpha value is -1.50. The van der Waals surface area contributed by atoms with E-state index < -0.39 is 0 Å². The van der Waals surface area contributed by atoms with Crippen LogP contribution in [0.5, 0.6) is 0 Å². The molecule has 2 heterocycles. The van der Waals surface area contributed by atoms with E-state index in [4.69, 9.17) is 4.74 Å². The number of aromatic nitrogens is 2. The van der Waals surface area contributed by atoms with Gasteiger partial charge in [0.25, 0.3) is 0 Å². The van der Waals surface area contributed by atoms with Gasteiger partial charge in [0.1, 0.15) is 11.3 Å². The molecule has 25 heavy (non-hydrogen) atoms. The zero-order chi connectivity index (χ0) is 18.0. The fourth-order valence-corrected chi connectivity index (χ4v) is 3.73. The first-order valence-electron chi connectivity index (χ1n) is 9.18. The summed E-state index contributed by atoms with van der Waals surface area (Å²) in [5, 5.41) is 0. The number of hydrogen-bond acceptors (Lipinski definition) is 4. The molecule has 2 aromatic rings. The maximum absolute atomic E-state index is 14.0. The number of ether oxygens (including phenoxy) is 1. The van der Waals surface area contributed by atoms with Crippen molar-refractivity contribution in [2.45, 2.75) is 46.1 Å². The van der Waals surface area contributed by atoms with E-state index in [2.05, 4.69) is 47.2 Å². The molecule has 0 amide bonds. The highest BCUT2D eigenvalue weighted by Gasteiger charge is 2.22. The van der Waals surface area contributed by atoms with E-state index in [-0.39, 0.29) is 5.82 Å². The van der Waals surface area contributed by atoms with Gasteiger partial charge < -0.3 is 9.30 Å². The Bertz CT molecular complexity index is 707. The highest BCUT2D eigenvalue weighted by Crippen LogP contribution is 2.20. The molecule has 0 unspecified atom stereocenters. The molecule has 2 atom stereocenters. The molecular formula is C19H29FN4O. The standard InChI is InChI=1S/C19H29FN4O/c1-5-24-17-8-6-7-16(20)19(17)21-18(24)13-22(4)9-10-23-11-14(2)25-15(3)12-23/h6-8,14-15H,5,9-13H2,1-4H3/t14-,15+. The van der Waals surface area contributed by atoms with Crippen LogP contribution in [0.4, 0.5) is 4.39 Å². The van der Waals surface area contributed by atoms with E-state index in [9.17, 15) is 4.39 Å². The third-order valence-electron chi connectivity index (χ3n) is 4.83. The molecule has 3 rings (SSSR count). The fraction of sp³-hybridized carbons (Fsp3) is 0.632. The van der Waals surface area contributed by atoms with Gasteiger partial charge in [-0.25, -0.2) is 9.37 Å². The number of aryl methyl sites for hydroxylation is 1. The van der Waals surface area contributed by atoms with Crippen molar-refractivity contribution in [3.63, 3.8) is 0 Å². The van der Waals surface area contributed by atoms with Crippen molar-refractivity contribution in [3.05, 3.63) is 29.8 Å². The maximum atomic E-state index is 14.0. The minimum Gasteiger partial charge on any atom is -0.373 e. The molecule has 138 valence electrons. The van der Waals surface area contributed by atoms with Crippen LogP contribution in [-0.2, 0) is 17.8 Å². The van der Waals surface area contributed by atoms with Gasteiger partial charge in [0.2, 0.25) is 0 Å². The van der Waals surface area contributed by atoms with Crippen LogP contribution < -0.4 is 0 Å². The Balaban J connectivity index is 1.64. The normalized spacial score (nSPS) is 22.2. The summed E-state index contributed by atoms with van der Waals surface area (Å²) in [6.45, 7) is 11.8. The number of rotatable bonds is 6. The first-order valence-corrected chi connectivity index (χ1v) is 9.18. The molecule has 1 saturated heterocycles. The minimum atomic E-state index is -0.245. The van der Waals surface area contributed by atoms with Crippen molar-refractivity contribution in [2.75, 3.05) is 33.2 Å². The summed E-state index contributed by atoms with van der Waals surface area (Å²) in [6, 6.07) is 5.16. The van der Waals surface area contributed by atoms with E-state index >= 15 is 0 Å². The predicted octanol–water partition coefficient (Wildman–Crippen LogP) is 2.74. The number of para-hydroxylation sites is 1. The molecule has 0 aliphatic carbocycles. The lowest BCUT2D eigenvalue weighted by atomic mass is 10.2. The van der Waals surface area contributed by atoms with Gasteiger partial charge in [0.15, 0.2) is 5.82 Å². The summed E-state index contributed by atoms with van der Waals surface area (Å²) < 4.78 is 21.9. The van der Waals surface area contributed by atoms with Crippen LogP contribution in [0, 0.1) is 5.82 Å². The largest absolute Gasteiger partial charge is 0.373 e. The van der Waals surface area contributed by atoms with Gasteiger partial charge in [-0.2, -0.15) is 0 Å². The Morgan fingerprint density at radius 3 is 2.68 bits per heavy atom. The van der Waals surface area contributed by atoms with Crippen LogP contribution in [0.1, 0.15) is 26.6 Å². The van der Waals surface area contributed by atoms with E-state index in [0.29, 0.717) is 17.7 Å². The predicted molar refractivity (Wildman–Crippen MR) is 98.1 cm³/mol. The summed E-state index contributed by atoms with van der Waals surface area (Å²) in [4.78, 5) is 9.27. The summed E-state index contributed by atoms with van der Waals surface area (Å²) in [5.41, 5.74) is 1.35. The van der Waals surface area contributed by atoms with Gasteiger partial charge in [-0.1, -0.05) is 6.07 Å². The van der Waals surface area contributed by atoms with Crippen LogP contribution in [0.3, 0.4) is 0 Å². The van der Waals surface area contributed by atoms with Crippen molar-refractivity contribution in [2.24, 2.45) is 0 Å². The molecule has 1 aliphatic heterocycles. The van der Waals surface area contributed by atoms with Crippen molar-refractivity contribution in [1.29, 1.82) is 0 Å². The molecule has 6 heteroatoms. The molecule has 1 aromatic carbocycles. The van der Waals surface area contributed by atoms with Crippen LogP contribution in [-0.4, -0.2) is 64.8 Å². The number of halogens is 1. The molecule has 0 spiro atoms. The number of benzene rings is 1. The minimum absolute atomic E-state index is 0.245. The second-order valence-electron chi connectivity index (χ2n) is 7.13. The van der Waals surface area contributed by atoms with Gasteiger partial charge in [-0.15, -0.1) is 0 Å². The van der Waals surface area contributed by atoms with Crippen LogP contribution in [0.2, 0.25) is 0 Å². The number of imidazole rings is 1. The lowest BCUT2D eigenvalue weighted by Gasteiger charge is -2.36. The quantitative estimate of drug-likeness (QED) is 0.804. The molecule has 1 fully saturated rings. The second kappa shape index (κ2) is 7.81. The van der Waals surface area contributed by atoms with Gasteiger partial charge in [-0.3, -0.25) is 9.80 Å². The Kier molecular flexibility index (Phi) is 5.71. The number of fused-ring (bicyclic) bond motifs is 1. The second-order valence-corrected chi connectivity index (χ2v) is 7.13. The fourth-order valence-electron chi connectivity index (χ4n) is 3.73. The van der Waals surface area contributed by atoms with Gasteiger partial charge in [0.05, 0.1) is 24.3 Å². The van der Waals surface area contributed by atoms with Gasteiger partial charge in [-0.05, 0) is 40.0 Å². The SMILES string of the molecule is CCn1c(CN(C)CCN2C[C@@H](C)O[C@@H](C)C2)nc2c(F)cccc21. The topological polar surface area (TPSA) is 33.5 Å². The molecule has 1 aromatic heterocycles. The maximum Gasteiger partial charge on any atom is 0.151 e. The summed E-state index contributed by atoms with van der Waals surface area (Å²) in [7, 11) is 2.10. The number of nitrogens with zero attached hydrogens (tertiary/aromatic N) is 4. The van der Waals surface area contributed by atoms with Crippen molar-refractivity contribution < 1.29 is 9.13 Å². The average Bonchev–Trinajstić information content (AvgIpc) is 2.90. The van der Waals surface area contributed by atoms with E-state index in [0.717, 1.165) is 50.6 Å². The zero-order valence-electron chi connectivity index (χ0n) is 15.7. The first-order chi connectivity index (χ1) is 12.0. The van der Waals surface area contributed by atoms with E-state index in [1.165, 1.54) is 6.07 Å². The molecular weight excluding hydrogens is 319 g/mol. The zero-order valence-corrected chi connectivity index (χ0v) is 15.7. The van der Waals surface area contributed by atoms with Crippen molar-refractivity contribution in [1.82, 2.24) is 19.4 Å². The van der Waals surface area contributed by atoms with Gasteiger partial charge in [0, 0.05) is 32.7 Å². The number of hydrogen-bond donors (Lipinski definition) is 0. The molecule has 0 bridgehead atoms. The summed E-state index contributed by atoms with van der Waals surface area (Å²) in [6.07, 6.45) is 0.586. The average molecular weight is 348 g/mol. The monoisotopic (exact) mass is 348 g/mol. The molecule has 5 nitrogen and oxygen atoms in total. The van der Waals surface area contributed by atoms with Crippen molar-refractivity contribution >= 4 is 11.0 Å². The molecule has 0 saturated carbocycles. The van der Waals surface area contributed by atoms with E-state index in [1.54, 1.807) is 6.07 Å².